The Hall–Kier alpha value is -1.87. The molecule has 0 radical (unpaired) electrons. The lowest BCUT2D eigenvalue weighted by atomic mass is 9.68. The van der Waals surface area contributed by atoms with Crippen LogP contribution >= 0.6 is 11.6 Å². The standard InChI is InChI=1S/C20H23ClN2O/c1-23(15-16-7-6-12-22-14-16)19(24)20(10-3-2-4-11-20)17-8-5-9-18(21)13-17/h5-9,12-14H,2-4,10-11,15H2,1H3. The van der Waals surface area contributed by atoms with Crippen molar-refractivity contribution in [2.45, 2.75) is 44.1 Å². The molecule has 3 rings (SSSR count). The van der Waals surface area contributed by atoms with Crippen LogP contribution in [0.25, 0.3) is 0 Å². The van der Waals surface area contributed by atoms with Crippen molar-refractivity contribution < 1.29 is 4.79 Å². The number of carbonyl (C=O) groups is 1. The van der Waals surface area contributed by atoms with E-state index < -0.39 is 5.41 Å². The normalized spacial score (nSPS) is 16.6. The van der Waals surface area contributed by atoms with E-state index in [9.17, 15) is 4.79 Å². The van der Waals surface area contributed by atoms with Crippen LogP contribution in [0, 0.1) is 0 Å². The Balaban J connectivity index is 1.89. The molecule has 24 heavy (non-hydrogen) atoms. The molecular formula is C20H23ClN2O. The topological polar surface area (TPSA) is 33.2 Å². The summed E-state index contributed by atoms with van der Waals surface area (Å²) >= 11 is 6.21. The Labute approximate surface area is 148 Å². The van der Waals surface area contributed by atoms with Crippen molar-refractivity contribution in [2.75, 3.05) is 7.05 Å². The summed E-state index contributed by atoms with van der Waals surface area (Å²) in [5.41, 5.74) is 1.66. The van der Waals surface area contributed by atoms with Gasteiger partial charge < -0.3 is 4.90 Å². The van der Waals surface area contributed by atoms with E-state index in [4.69, 9.17) is 11.6 Å². The fourth-order valence-electron chi connectivity index (χ4n) is 3.77. The second-order valence-corrected chi connectivity index (χ2v) is 7.11. The summed E-state index contributed by atoms with van der Waals surface area (Å²) in [6.07, 6.45) is 8.71. The van der Waals surface area contributed by atoms with E-state index in [1.165, 1.54) is 6.42 Å². The number of rotatable bonds is 4. The third kappa shape index (κ3) is 3.46. The van der Waals surface area contributed by atoms with Crippen molar-refractivity contribution in [2.24, 2.45) is 0 Å². The van der Waals surface area contributed by atoms with Gasteiger partial charge in [-0.1, -0.05) is 49.1 Å². The van der Waals surface area contributed by atoms with Gasteiger partial charge in [-0.25, -0.2) is 0 Å². The first-order valence-corrected chi connectivity index (χ1v) is 8.90. The van der Waals surface area contributed by atoms with E-state index >= 15 is 0 Å². The molecule has 126 valence electrons. The van der Waals surface area contributed by atoms with Crippen LogP contribution in [0.15, 0.2) is 48.8 Å². The number of likely N-dealkylation sites (N-methyl/N-ethyl adjacent to an activating group) is 1. The summed E-state index contributed by atoms with van der Waals surface area (Å²) in [6.45, 7) is 0.578. The molecule has 0 atom stereocenters. The maximum absolute atomic E-state index is 13.4. The minimum Gasteiger partial charge on any atom is -0.341 e. The molecule has 3 nitrogen and oxygen atoms in total. The number of halogens is 1. The molecule has 4 heteroatoms. The van der Waals surface area contributed by atoms with Gasteiger partial charge in [-0.2, -0.15) is 0 Å². The molecule has 0 bridgehead atoms. The Bertz CT molecular complexity index is 696. The van der Waals surface area contributed by atoms with Crippen molar-refractivity contribution in [3.63, 3.8) is 0 Å². The van der Waals surface area contributed by atoms with E-state index in [1.807, 2.05) is 54.5 Å². The van der Waals surface area contributed by atoms with Crippen LogP contribution in [0.5, 0.6) is 0 Å². The number of carbonyl (C=O) groups excluding carboxylic acids is 1. The highest BCUT2D eigenvalue weighted by molar-refractivity contribution is 6.30. The monoisotopic (exact) mass is 342 g/mol. The van der Waals surface area contributed by atoms with Crippen LogP contribution in [-0.4, -0.2) is 22.8 Å². The first-order chi connectivity index (χ1) is 11.6. The summed E-state index contributed by atoms with van der Waals surface area (Å²) in [5.74, 6) is 0.188. The maximum Gasteiger partial charge on any atom is 0.233 e. The molecule has 1 aliphatic rings. The van der Waals surface area contributed by atoms with E-state index in [-0.39, 0.29) is 5.91 Å². The van der Waals surface area contributed by atoms with Gasteiger partial charge in [0.15, 0.2) is 0 Å². The first-order valence-electron chi connectivity index (χ1n) is 8.52. The zero-order valence-electron chi connectivity index (χ0n) is 14.0. The van der Waals surface area contributed by atoms with Crippen LogP contribution < -0.4 is 0 Å². The number of amides is 1. The molecule has 0 saturated heterocycles. The maximum atomic E-state index is 13.4. The fourth-order valence-corrected chi connectivity index (χ4v) is 3.96. The summed E-state index contributed by atoms with van der Waals surface area (Å²) < 4.78 is 0. The SMILES string of the molecule is CN(Cc1cccnc1)C(=O)C1(c2cccc(Cl)c2)CCCCC1. The Morgan fingerprint density at radius 1 is 1.21 bits per heavy atom. The quantitative estimate of drug-likeness (QED) is 0.813. The number of nitrogens with zero attached hydrogens (tertiary/aromatic N) is 2. The Morgan fingerprint density at radius 3 is 2.67 bits per heavy atom. The largest absolute Gasteiger partial charge is 0.341 e. The molecule has 1 amide bonds. The predicted molar refractivity (Wildman–Crippen MR) is 96.9 cm³/mol. The predicted octanol–water partition coefficient (Wildman–Crippen LogP) is 4.60. The molecular weight excluding hydrogens is 320 g/mol. The van der Waals surface area contributed by atoms with Crippen LogP contribution in [-0.2, 0) is 16.8 Å². The summed E-state index contributed by atoms with van der Waals surface area (Å²) in [6, 6.07) is 11.7. The van der Waals surface area contributed by atoms with Crippen LogP contribution in [0.3, 0.4) is 0 Å². The third-order valence-corrected chi connectivity index (χ3v) is 5.22. The average molecular weight is 343 g/mol. The van der Waals surface area contributed by atoms with Crippen LogP contribution in [0.4, 0.5) is 0 Å². The first kappa shape index (κ1) is 17.0. The van der Waals surface area contributed by atoms with Gasteiger partial charge in [0.2, 0.25) is 5.91 Å². The van der Waals surface area contributed by atoms with Crippen molar-refractivity contribution in [1.82, 2.24) is 9.88 Å². The number of pyridine rings is 1. The Morgan fingerprint density at radius 2 is 2.00 bits per heavy atom. The lowest BCUT2D eigenvalue weighted by Gasteiger charge is -2.39. The second kappa shape index (κ2) is 7.35. The lowest BCUT2D eigenvalue weighted by Crippen LogP contribution is -2.46. The zero-order valence-corrected chi connectivity index (χ0v) is 14.8. The third-order valence-electron chi connectivity index (χ3n) is 4.98. The molecule has 1 heterocycles. The van der Waals surface area contributed by atoms with Gasteiger partial charge >= 0.3 is 0 Å². The molecule has 1 aromatic heterocycles. The second-order valence-electron chi connectivity index (χ2n) is 6.68. The molecule has 0 unspecified atom stereocenters. The molecule has 1 aromatic carbocycles. The van der Waals surface area contributed by atoms with E-state index in [0.29, 0.717) is 11.6 Å². The number of benzene rings is 1. The van der Waals surface area contributed by atoms with Crippen molar-refractivity contribution in [1.29, 1.82) is 0 Å². The lowest BCUT2D eigenvalue weighted by molar-refractivity contribution is -0.138. The van der Waals surface area contributed by atoms with Gasteiger partial charge in [-0.15, -0.1) is 0 Å². The number of hydrogen-bond donors (Lipinski definition) is 0. The van der Waals surface area contributed by atoms with Crippen molar-refractivity contribution >= 4 is 17.5 Å². The van der Waals surface area contributed by atoms with E-state index in [2.05, 4.69) is 4.98 Å². The fraction of sp³-hybridized carbons (Fsp3) is 0.400. The van der Waals surface area contributed by atoms with E-state index in [0.717, 1.165) is 36.8 Å². The number of aromatic nitrogens is 1. The molecule has 0 N–H and O–H groups in total. The minimum atomic E-state index is -0.444. The smallest absolute Gasteiger partial charge is 0.233 e. The molecule has 0 aliphatic heterocycles. The van der Waals surface area contributed by atoms with Crippen molar-refractivity contribution in [3.8, 4) is 0 Å². The van der Waals surface area contributed by atoms with Gasteiger partial charge in [0, 0.05) is 31.0 Å². The average Bonchev–Trinajstić information content (AvgIpc) is 2.62. The highest BCUT2D eigenvalue weighted by Crippen LogP contribution is 2.41. The Kier molecular flexibility index (Phi) is 5.20. The summed E-state index contributed by atoms with van der Waals surface area (Å²) in [5, 5.41) is 0.695. The summed E-state index contributed by atoms with van der Waals surface area (Å²) in [7, 11) is 1.89. The molecule has 1 fully saturated rings. The van der Waals surface area contributed by atoms with Gasteiger partial charge in [0.1, 0.15) is 0 Å². The van der Waals surface area contributed by atoms with Gasteiger partial charge in [-0.05, 0) is 42.2 Å². The zero-order chi connectivity index (χ0) is 17.0. The molecule has 0 spiro atoms. The van der Waals surface area contributed by atoms with Crippen molar-refractivity contribution in [3.05, 3.63) is 64.9 Å². The van der Waals surface area contributed by atoms with Crippen LogP contribution in [0.2, 0.25) is 5.02 Å². The van der Waals surface area contributed by atoms with Gasteiger partial charge in [0.25, 0.3) is 0 Å². The van der Waals surface area contributed by atoms with Gasteiger partial charge in [-0.3, -0.25) is 9.78 Å². The van der Waals surface area contributed by atoms with Gasteiger partial charge in [0.05, 0.1) is 5.41 Å². The summed E-state index contributed by atoms with van der Waals surface area (Å²) in [4.78, 5) is 19.4. The highest BCUT2D eigenvalue weighted by Gasteiger charge is 2.42. The number of hydrogen-bond acceptors (Lipinski definition) is 2. The minimum absolute atomic E-state index is 0.188. The van der Waals surface area contributed by atoms with E-state index in [1.54, 1.807) is 6.20 Å². The molecule has 2 aromatic rings. The molecule has 1 saturated carbocycles. The van der Waals surface area contributed by atoms with Crippen LogP contribution in [0.1, 0.15) is 43.2 Å². The molecule has 1 aliphatic carbocycles. The highest BCUT2D eigenvalue weighted by atomic mass is 35.5.